The predicted molar refractivity (Wildman–Crippen MR) is 194 cm³/mol. The maximum atomic E-state index is 14.0. The van der Waals surface area contributed by atoms with Gasteiger partial charge < -0.3 is 4.42 Å². The highest BCUT2D eigenvalue weighted by atomic mass is 16.3. The summed E-state index contributed by atoms with van der Waals surface area (Å²) in [5, 5.41) is 0. The molecule has 47 heavy (non-hydrogen) atoms. The van der Waals surface area contributed by atoms with Crippen LogP contribution in [-0.2, 0) is 30.5 Å². The van der Waals surface area contributed by atoms with Gasteiger partial charge in [0.2, 0.25) is 0 Å². The van der Waals surface area contributed by atoms with Crippen molar-refractivity contribution in [1.29, 1.82) is 0 Å². The predicted octanol–water partition coefficient (Wildman–Crippen LogP) is 10.6. The van der Waals surface area contributed by atoms with Gasteiger partial charge in [-0.25, -0.2) is 0 Å². The third kappa shape index (κ3) is 8.15. The van der Waals surface area contributed by atoms with E-state index in [9.17, 15) is 4.79 Å². The number of allylic oxidation sites excluding steroid dienone is 4. The Hall–Kier alpha value is -4.35. The van der Waals surface area contributed by atoms with Crippen LogP contribution < -0.4 is 0 Å². The highest BCUT2D eigenvalue weighted by Gasteiger charge is 2.33. The number of hydrogen-bond acceptors (Lipinski definition) is 2. The summed E-state index contributed by atoms with van der Waals surface area (Å²) in [5.41, 5.74) is 9.81. The van der Waals surface area contributed by atoms with Crippen LogP contribution in [0.5, 0.6) is 0 Å². The second-order valence-electron chi connectivity index (χ2n) is 14.0. The van der Waals surface area contributed by atoms with E-state index in [0.29, 0.717) is 30.0 Å². The summed E-state index contributed by atoms with van der Waals surface area (Å²) in [6, 6.07) is 28.2. The molecule has 2 aliphatic carbocycles. The highest BCUT2D eigenvalue weighted by Crippen LogP contribution is 2.41. The monoisotopic (exact) mass is 620 g/mol. The number of Topliss-reactive ketones (excluding diaryl/α,β-unsaturated/α-hetero) is 1. The number of benzene rings is 3. The van der Waals surface area contributed by atoms with E-state index in [4.69, 9.17) is 10.8 Å². The minimum atomic E-state index is -0.0442. The molecule has 1 saturated carbocycles. The molecule has 2 atom stereocenters. The zero-order valence-corrected chi connectivity index (χ0v) is 28.3. The van der Waals surface area contributed by atoms with Gasteiger partial charge in [-0.1, -0.05) is 97.8 Å². The van der Waals surface area contributed by atoms with E-state index in [2.05, 4.69) is 104 Å². The zero-order chi connectivity index (χ0) is 32.8. The summed E-state index contributed by atoms with van der Waals surface area (Å²) in [6.07, 6.45) is 21.5. The lowest BCUT2D eigenvalue weighted by atomic mass is 9.70. The molecule has 0 saturated heterocycles. The molecule has 3 aromatic carbocycles. The summed E-state index contributed by atoms with van der Waals surface area (Å²) in [6.45, 7) is 6.26. The van der Waals surface area contributed by atoms with Crippen LogP contribution >= 0.6 is 0 Å². The number of furan rings is 1. The van der Waals surface area contributed by atoms with Crippen molar-refractivity contribution in [1.82, 2.24) is 0 Å². The molecule has 0 radical (unpaired) electrons. The van der Waals surface area contributed by atoms with Crippen LogP contribution in [0.25, 0.3) is 5.57 Å². The first-order valence-electron chi connectivity index (χ1n) is 17.6. The molecule has 0 spiro atoms. The Balaban J connectivity index is 1.13. The van der Waals surface area contributed by atoms with Gasteiger partial charge in [0.15, 0.2) is 0 Å². The topological polar surface area (TPSA) is 30.2 Å². The van der Waals surface area contributed by atoms with Gasteiger partial charge in [0.25, 0.3) is 0 Å². The lowest BCUT2D eigenvalue weighted by molar-refractivity contribution is -0.122. The van der Waals surface area contributed by atoms with E-state index in [-0.39, 0.29) is 5.92 Å². The molecule has 6 rings (SSSR count). The normalized spacial score (nSPS) is 19.7. The van der Waals surface area contributed by atoms with E-state index >= 15 is 0 Å². The number of aryl methyl sites for hydroxylation is 5. The minimum Gasteiger partial charge on any atom is -0.466 e. The Bertz CT molecular complexity index is 1770. The van der Waals surface area contributed by atoms with Crippen LogP contribution in [0.4, 0.5) is 0 Å². The number of terminal acetylenes is 1. The molecule has 2 nitrogen and oxygen atoms in total. The Morgan fingerprint density at radius 1 is 0.872 bits per heavy atom. The standard InChI is InChI=1S/C45H48O2/c1-5-37-17-14-36(30-43(37)25-24-41-28-32(3)47-33(41)4)29-35-12-18-39(19-13-35)45(44(46)26-15-34-9-7-6-8-10-34)40-22-20-38(21-23-40)42-16-11-31(2)27-42/h1,6-11,14,16-17,20-23,27-28,30-31,35,39,45H,12-13,15,18-19,24-26,29H2,2-4H3. The van der Waals surface area contributed by atoms with Crippen LogP contribution in [0.2, 0.25) is 0 Å². The maximum absolute atomic E-state index is 14.0. The van der Waals surface area contributed by atoms with Crippen LogP contribution in [0.1, 0.15) is 95.4 Å². The van der Waals surface area contributed by atoms with Gasteiger partial charge in [-0.05, 0) is 134 Å². The van der Waals surface area contributed by atoms with Crippen LogP contribution in [0.3, 0.4) is 0 Å². The van der Waals surface area contributed by atoms with E-state index in [1.165, 1.54) is 39.0 Å². The van der Waals surface area contributed by atoms with Gasteiger partial charge in [0.1, 0.15) is 17.3 Å². The number of hydrogen-bond donors (Lipinski definition) is 0. The van der Waals surface area contributed by atoms with E-state index in [1.54, 1.807) is 0 Å². The molecule has 0 bridgehead atoms. The molecule has 2 aliphatic rings. The first-order valence-corrected chi connectivity index (χ1v) is 17.6. The fourth-order valence-electron chi connectivity index (χ4n) is 7.90. The fourth-order valence-corrected chi connectivity index (χ4v) is 7.90. The molecule has 1 heterocycles. The van der Waals surface area contributed by atoms with Crippen LogP contribution in [0.15, 0.2) is 102 Å². The van der Waals surface area contributed by atoms with E-state index in [1.807, 2.05) is 19.9 Å². The average molecular weight is 621 g/mol. The first-order chi connectivity index (χ1) is 22.9. The third-order valence-corrected chi connectivity index (χ3v) is 10.5. The molecular weight excluding hydrogens is 572 g/mol. The smallest absolute Gasteiger partial charge is 0.140 e. The molecular formula is C45H48O2. The van der Waals surface area contributed by atoms with Gasteiger partial charge in [-0.2, -0.15) is 0 Å². The lowest BCUT2D eigenvalue weighted by Crippen LogP contribution is -2.27. The van der Waals surface area contributed by atoms with Crippen molar-refractivity contribution in [2.24, 2.45) is 17.8 Å². The third-order valence-electron chi connectivity index (χ3n) is 10.5. The summed E-state index contributed by atoms with van der Waals surface area (Å²) < 4.78 is 5.75. The van der Waals surface area contributed by atoms with E-state index < -0.39 is 0 Å². The summed E-state index contributed by atoms with van der Waals surface area (Å²) >= 11 is 0. The number of ketones is 1. The highest BCUT2D eigenvalue weighted by molar-refractivity contribution is 5.86. The molecule has 1 fully saturated rings. The number of carbonyl (C=O) groups is 1. The molecule has 0 aliphatic heterocycles. The van der Waals surface area contributed by atoms with Crippen molar-refractivity contribution >= 4 is 11.4 Å². The summed E-state index contributed by atoms with van der Waals surface area (Å²) in [4.78, 5) is 14.0. The quantitative estimate of drug-likeness (QED) is 0.148. The van der Waals surface area contributed by atoms with Gasteiger partial charge in [0, 0.05) is 17.9 Å². The fraction of sp³-hybridized carbons (Fsp3) is 0.356. The molecule has 0 N–H and O–H groups in total. The van der Waals surface area contributed by atoms with Crippen molar-refractivity contribution in [3.63, 3.8) is 0 Å². The largest absolute Gasteiger partial charge is 0.466 e. The van der Waals surface area contributed by atoms with Crippen LogP contribution in [0, 0.1) is 43.9 Å². The van der Waals surface area contributed by atoms with Crippen molar-refractivity contribution in [3.8, 4) is 12.3 Å². The molecule has 1 aromatic heterocycles. The van der Waals surface area contributed by atoms with E-state index in [0.717, 1.165) is 68.5 Å². The molecule has 2 heteroatoms. The van der Waals surface area contributed by atoms with Gasteiger partial charge in [-0.3, -0.25) is 4.79 Å². The molecule has 0 amide bonds. The van der Waals surface area contributed by atoms with Crippen molar-refractivity contribution in [2.45, 2.75) is 84.5 Å². The maximum Gasteiger partial charge on any atom is 0.140 e. The van der Waals surface area contributed by atoms with Crippen molar-refractivity contribution in [3.05, 3.63) is 148 Å². The Kier molecular flexibility index (Phi) is 10.4. The van der Waals surface area contributed by atoms with Crippen molar-refractivity contribution < 1.29 is 9.21 Å². The first kappa shape index (κ1) is 32.6. The lowest BCUT2D eigenvalue weighted by Gasteiger charge is -2.34. The number of carbonyl (C=O) groups excluding carboxylic acids is 1. The average Bonchev–Trinajstić information content (AvgIpc) is 3.67. The Morgan fingerprint density at radius 2 is 1.62 bits per heavy atom. The second-order valence-corrected chi connectivity index (χ2v) is 14.0. The Labute approximate surface area is 282 Å². The van der Waals surface area contributed by atoms with Crippen molar-refractivity contribution in [2.75, 3.05) is 0 Å². The molecule has 4 aromatic rings. The van der Waals surface area contributed by atoms with Gasteiger partial charge in [-0.15, -0.1) is 6.42 Å². The summed E-state index contributed by atoms with van der Waals surface area (Å²) in [7, 11) is 0. The molecule has 240 valence electrons. The Morgan fingerprint density at radius 3 is 2.28 bits per heavy atom. The number of rotatable bonds is 12. The van der Waals surface area contributed by atoms with Crippen LogP contribution in [-0.4, -0.2) is 5.78 Å². The minimum absolute atomic E-state index is 0.0442. The zero-order valence-electron chi connectivity index (χ0n) is 28.3. The second kappa shape index (κ2) is 15.0. The molecule has 2 unspecified atom stereocenters. The summed E-state index contributed by atoms with van der Waals surface area (Å²) in [5.74, 6) is 6.70. The van der Waals surface area contributed by atoms with Gasteiger partial charge in [0.05, 0.1) is 0 Å². The SMILES string of the molecule is C#Cc1ccc(CC2CCC(C(C(=O)CCc3ccccc3)c3ccc(C4=CC(C)C=C4)cc3)CC2)cc1CCc1cc(C)oc1C. The van der Waals surface area contributed by atoms with Gasteiger partial charge >= 0.3 is 0 Å².